The number of thiazole rings is 1. The summed E-state index contributed by atoms with van der Waals surface area (Å²) in [5.74, 6) is -0.00171. The normalized spacial score (nSPS) is 11.1. The number of carbonyl (C=O) groups excluding carboxylic acids is 1. The quantitative estimate of drug-likeness (QED) is 0.589. The van der Waals surface area contributed by atoms with Crippen molar-refractivity contribution < 1.29 is 9.21 Å². The largest absolute Gasteiger partial charge is 0.451 e. The molecule has 0 aliphatic heterocycles. The Morgan fingerprint density at radius 2 is 2.05 bits per heavy atom. The summed E-state index contributed by atoms with van der Waals surface area (Å²) in [4.78, 5) is 16.5. The Hall–Kier alpha value is -2.86. The molecule has 3 N–H and O–H groups in total. The summed E-state index contributed by atoms with van der Waals surface area (Å²) in [7, 11) is 0. The van der Waals surface area contributed by atoms with Gasteiger partial charge in [-0.15, -0.1) is 0 Å². The van der Waals surface area contributed by atoms with Crippen LogP contribution in [-0.2, 0) is 0 Å². The Morgan fingerprint density at radius 1 is 1.18 bits per heavy atom. The van der Waals surface area contributed by atoms with Crippen LogP contribution in [0.2, 0.25) is 0 Å². The summed E-state index contributed by atoms with van der Waals surface area (Å²) >= 11 is 1.38. The van der Waals surface area contributed by atoms with Crippen LogP contribution < -0.4 is 11.1 Å². The number of aromatic nitrogens is 1. The Kier molecular flexibility index (Phi) is 2.83. The van der Waals surface area contributed by atoms with Gasteiger partial charge in [0, 0.05) is 11.1 Å². The highest BCUT2D eigenvalue weighted by molar-refractivity contribution is 7.22. The van der Waals surface area contributed by atoms with Crippen LogP contribution >= 0.6 is 11.3 Å². The molecule has 0 atom stereocenters. The third-order valence-corrected chi connectivity index (χ3v) is 4.16. The third-order valence-electron chi connectivity index (χ3n) is 3.31. The van der Waals surface area contributed by atoms with Crippen LogP contribution in [0.1, 0.15) is 10.6 Å². The fourth-order valence-corrected chi connectivity index (χ4v) is 3.08. The Balaban J connectivity index is 1.64. The number of nitrogens with zero attached hydrogens (tertiary/aromatic N) is 1. The van der Waals surface area contributed by atoms with Gasteiger partial charge in [0.2, 0.25) is 0 Å². The summed E-state index contributed by atoms with van der Waals surface area (Å²) in [6.07, 6.45) is 0. The van der Waals surface area contributed by atoms with E-state index in [-0.39, 0.29) is 11.7 Å². The van der Waals surface area contributed by atoms with Gasteiger partial charge in [-0.3, -0.25) is 4.79 Å². The predicted octanol–water partition coefficient (Wildman–Crippen LogP) is 3.88. The zero-order valence-corrected chi connectivity index (χ0v) is 12.2. The highest BCUT2D eigenvalue weighted by atomic mass is 32.1. The van der Waals surface area contributed by atoms with Crippen molar-refractivity contribution in [3.8, 4) is 0 Å². The van der Waals surface area contributed by atoms with E-state index < -0.39 is 0 Å². The van der Waals surface area contributed by atoms with E-state index in [0.29, 0.717) is 16.4 Å². The van der Waals surface area contributed by atoms with Crippen molar-refractivity contribution >= 4 is 49.2 Å². The fourth-order valence-electron chi connectivity index (χ4n) is 2.31. The minimum atomic E-state index is -0.284. The number of nitrogen functional groups attached to an aromatic ring is 1. The molecule has 0 saturated carbocycles. The van der Waals surface area contributed by atoms with Crippen molar-refractivity contribution in [1.82, 2.24) is 4.98 Å². The second-order valence-corrected chi connectivity index (χ2v) is 5.90. The molecule has 0 unspecified atom stereocenters. The molecule has 0 aliphatic rings. The Morgan fingerprint density at radius 3 is 2.91 bits per heavy atom. The van der Waals surface area contributed by atoms with E-state index in [0.717, 1.165) is 15.6 Å². The van der Waals surface area contributed by atoms with E-state index in [1.807, 2.05) is 36.4 Å². The molecule has 5 nitrogen and oxygen atoms in total. The number of hydrogen-bond acceptors (Lipinski definition) is 5. The Bertz CT molecular complexity index is 970. The van der Waals surface area contributed by atoms with Gasteiger partial charge in [0.05, 0.1) is 10.2 Å². The number of benzene rings is 2. The summed E-state index contributed by atoms with van der Waals surface area (Å²) < 4.78 is 6.48. The molecular weight excluding hydrogens is 298 g/mol. The first-order chi connectivity index (χ1) is 10.7. The molecule has 2 aromatic heterocycles. The lowest BCUT2D eigenvalue weighted by molar-refractivity contribution is 0.0998. The monoisotopic (exact) mass is 309 g/mol. The average molecular weight is 309 g/mol. The molecule has 2 aromatic carbocycles. The molecule has 0 bridgehead atoms. The molecule has 108 valence electrons. The highest BCUT2D eigenvalue weighted by Crippen LogP contribution is 2.27. The van der Waals surface area contributed by atoms with Gasteiger partial charge in [0.1, 0.15) is 5.58 Å². The molecule has 0 radical (unpaired) electrons. The lowest BCUT2D eigenvalue weighted by Crippen LogP contribution is -2.10. The van der Waals surface area contributed by atoms with Crippen molar-refractivity contribution in [3.05, 3.63) is 54.3 Å². The van der Waals surface area contributed by atoms with E-state index in [1.54, 1.807) is 12.1 Å². The molecule has 0 saturated heterocycles. The molecule has 0 aliphatic carbocycles. The predicted molar refractivity (Wildman–Crippen MR) is 88.2 cm³/mol. The SMILES string of the molecule is Nc1nc2ccc(NC(=O)c3cc4ccccc4o3)cc2s1. The smallest absolute Gasteiger partial charge is 0.291 e. The molecule has 1 amide bonds. The second kappa shape index (κ2) is 4.85. The summed E-state index contributed by atoms with van der Waals surface area (Å²) in [6.45, 7) is 0. The van der Waals surface area contributed by atoms with Crippen LogP contribution in [0, 0.1) is 0 Å². The van der Waals surface area contributed by atoms with Gasteiger partial charge >= 0.3 is 0 Å². The van der Waals surface area contributed by atoms with Crippen LogP contribution in [0.4, 0.5) is 10.8 Å². The minimum absolute atomic E-state index is 0.283. The third kappa shape index (κ3) is 2.19. The van der Waals surface area contributed by atoms with E-state index in [2.05, 4.69) is 10.3 Å². The number of anilines is 2. The molecule has 22 heavy (non-hydrogen) atoms. The maximum atomic E-state index is 12.3. The van der Waals surface area contributed by atoms with Crippen LogP contribution in [0.5, 0.6) is 0 Å². The summed E-state index contributed by atoms with van der Waals surface area (Å²) in [5.41, 5.74) is 7.88. The number of nitrogens with one attached hydrogen (secondary N) is 1. The number of fused-ring (bicyclic) bond motifs is 2. The first-order valence-electron chi connectivity index (χ1n) is 6.65. The zero-order valence-electron chi connectivity index (χ0n) is 11.4. The van der Waals surface area contributed by atoms with Crippen molar-refractivity contribution in [2.45, 2.75) is 0 Å². The molecule has 2 heterocycles. The topological polar surface area (TPSA) is 81.1 Å². The molecule has 4 rings (SSSR count). The first kappa shape index (κ1) is 12.8. The van der Waals surface area contributed by atoms with Crippen molar-refractivity contribution in [2.24, 2.45) is 0 Å². The van der Waals surface area contributed by atoms with Gasteiger partial charge < -0.3 is 15.5 Å². The van der Waals surface area contributed by atoms with Crippen LogP contribution in [0.15, 0.2) is 52.9 Å². The maximum absolute atomic E-state index is 12.3. The molecule has 0 spiro atoms. The number of para-hydroxylation sites is 1. The maximum Gasteiger partial charge on any atom is 0.291 e. The number of carbonyl (C=O) groups is 1. The van der Waals surface area contributed by atoms with E-state index in [1.165, 1.54) is 11.3 Å². The van der Waals surface area contributed by atoms with Gasteiger partial charge in [0.15, 0.2) is 10.9 Å². The zero-order chi connectivity index (χ0) is 15.1. The van der Waals surface area contributed by atoms with Crippen molar-refractivity contribution in [2.75, 3.05) is 11.1 Å². The molecule has 4 aromatic rings. The molecule has 6 heteroatoms. The number of rotatable bonds is 2. The van der Waals surface area contributed by atoms with Crippen molar-refractivity contribution in [3.63, 3.8) is 0 Å². The van der Waals surface area contributed by atoms with Crippen LogP contribution in [0.25, 0.3) is 21.2 Å². The van der Waals surface area contributed by atoms with Crippen molar-refractivity contribution in [1.29, 1.82) is 0 Å². The van der Waals surface area contributed by atoms with Gasteiger partial charge in [-0.2, -0.15) is 0 Å². The highest BCUT2D eigenvalue weighted by Gasteiger charge is 2.13. The number of nitrogens with two attached hydrogens (primary N) is 1. The summed E-state index contributed by atoms with van der Waals surface area (Å²) in [5, 5.41) is 4.24. The van der Waals surface area contributed by atoms with Crippen LogP contribution in [-0.4, -0.2) is 10.9 Å². The van der Waals surface area contributed by atoms with Crippen LogP contribution in [0.3, 0.4) is 0 Å². The lowest BCUT2D eigenvalue weighted by atomic mass is 10.2. The number of amides is 1. The standard InChI is InChI=1S/C16H11N3O2S/c17-16-19-11-6-5-10(8-14(11)22-16)18-15(20)13-7-9-3-1-2-4-12(9)21-13/h1-8H,(H2,17,19)(H,18,20). The average Bonchev–Trinajstić information content (AvgIpc) is 3.08. The fraction of sp³-hybridized carbons (Fsp3) is 0. The molecule has 0 fully saturated rings. The van der Waals surface area contributed by atoms with E-state index in [4.69, 9.17) is 10.2 Å². The van der Waals surface area contributed by atoms with Gasteiger partial charge in [-0.05, 0) is 30.3 Å². The van der Waals surface area contributed by atoms with Gasteiger partial charge in [0.25, 0.3) is 5.91 Å². The van der Waals surface area contributed by atoms with E-state index in [9.17, 15) is 4.79 Å². The number of furan rings is 1. The van der Waals surface area contributed by atoms with E-state index >= 15 is 0 Å². The second-order valence-electron chi connectivity index (χ2n) is 4.84. The lowest BCUT2D eigenvalue weighted by Gasteiger charge is -2.02. The molecular formula is C16H11N3O2S. The first-order valence-corrected chi connectivity index (χ1v) is 7.47. The Labute approximate surface area is 129 Å². The minimum Gasteiger partial charge on any atom is -0.451 e. The van der Waals surface area contributed by atoms with Gasteiger partial charge in [-0.25, -0.2) is 4.98 Å². The van der Waals surface area contributed by atoms with Gasteiger partial charge in [-0.1, -0.05) is 29.5 Å². The summed E-state index contributed by atoms with van der Waals surface area (Å²) in [6, 6.07) is 14.7. The number of hydrogen-bond donors (Lipinski definition) is 2.